The number of nitrogens with zero attached hydrogens (tertiary/aromatic N) is 1. The molecule has 1 unspecified atom stereocenters. The number of benzene rings is 1. The number of hydrogen-bond acceptors (Lipinski definition) is 5. The molecule has 0 aromatic heterocycles. The zero-order valence-corrected chi connectivity index (χ0v) is 14.2. The second-order valence-corrected chi connectivity index (χ2v) is 6.13. The first-order chi connectivity index (χ1) is 10.8. The molecule has 0 aliphatic carbocycles. The van der Waals surface area contributed by atoms with Crippen LogP contribution in [0.25, 0.3) is 0 Å². The van der Waals surface area contributed by atoms with E-state index in [2.05, 4.69) is 10.6 Å². The first-order valence-electron chi connectivity index (χ1n) is 7.68. The van der Waals surface area contributed by atoms with Crippen molar-refractivity contribution in [2.45, 2.75) is 39.3 Å². The van der Waals surface area contributed by atoms with Gasteiger partial charge in [0.15, 0.2) is 0 Å². The number of carbonyl (C=O) groups excluding carboxylic acids is 1. The number of β-amino-alcohol motifs (C(OH)–C–C–N with tert-alkyl or cyclic N) is 1. The van der Waals surface area contributed by atoms with Crippen molar-refractivity contribution >= 4 is 11.7 Å². The number of hydrogen-bond donors (Lipinski definition) is 3. The van der Waals surface area contributed by atoms with Gasteiger partial charge in [0.1, 0.15) is 6.61 Å². The van der Waals surface area contributed by atoms with Crippen molar-refractivity contribution in [1.82, 2.24) is 10.4 Å². The predicted molar refractivity (Wildman–Crippen MR) is 88.6 cm³/mol. The topological polar surface area (TPSA) is 83.1 Å². The van der Waals surface area contributed by atoms with Crippen LogP contribution in [-0.4, -0.2) is 47.5 Å². The van der Waals surface area contributed by atoms with Crippen LogP contribution in [0.3, 0.4) is 0 Å². The number of para-hydroxylation sites is 1. The van der Waals surface area contributed by atoms with E-state index >= 15 is 0 Å². The van der Waals surface area contributed by atoms with E-state index in [4.69, 9.17) is 9.88 Å². The molecule has 7 nitrogen and oxygen atoms in total. The first kappa shape index (κ1) is 19.4. The fraction of sp³-hybridized carbons (Fsp3) is 0.562. The van der Waals surface area contributed by atoms with E-state index in [1.807, 2.05) is 39.0 Å². The molecule has 0 aliphatic rings. The van der Waals surface area contributed by atoms with Crippen molar-refractivity contribution in [2.75, 3.05) is 25.0 Å². The fourth-order valence-corrected chi connectivity index (χ4v) is 1.59. The standard InChI is InChI=1S/C16H27N3O4/c1-5-19(15(21)18-13-9-7-6-8-10-13)23-22-12-14(20)11-17-16(2,3)4/h6-10,14,17,20H,5,11-12H2,1-4H3,(H,18,21). The first-order valence-corrected chi connectivity index (χ1v) is 7.68. The summed E-state index contributed by atoms with van der Waals surface area (Å²) in [6, 6.07) is 8.60. The highest BCUT2D eigenvalue weighted by molar-refractivity contribution is 5.88. The van der Waals surface area contributed by atoms with Crippen LogP contribution in [-0.2, 0) is 9.88 Å². The van der Waals surface area contributed by atoms with Gasteiger partial charge in [0.05, 0.1) is 12.6 Å². The summed E-state index contributed by atoms with van der Waals surface area (Å²) < 4.78 is 0. The molecule has 0 saturated carbocycles. The summed E-state index contributed by atoms with van der Waals surface area (Å²) in [5, 5.41) is 16.7. The Morgan fingerprint density at radius 1 is 1.30 bits per heavy atom. The Labute approximate surface area is 137 Å². The highest BCUT2D eigenvalue weighted by Crippen LogP contribution is 2.07. The second kappa shape index (κ2) is 9.46. The van der Waals surface area contributed by atoms with Crippen LogP contribution >= 0.6 is 0 Å². The van der Waals surface area contributed by atoms with Crippen LogP contribution in [0.5, 0.6) is 0 Å². The Balaban J connectivity index is 2.31. The molecular weight excluding hydrogens is 298 g/mol. The molecule has 7 heteroatoms. The lowest BCUT2D eigenvalue weighted by atomic mass is 10.1. The van der Waals surface area contributed by atoms with E-state index < -0.39 is 12.1 Å². The van der Waals surface area contributed by atoms with Crippen molar-refractivity contribution in [3.63, 3.8) is 0 Å². The number of carbonyl (C=O) groups is 1. The normalized spacial score (nSPS) is 12.7. The lowest BCUT2D eigenvalue weighted by Gasteiger charge is -2.23. The van der Waals surface area contributed by atoms with E-state index in [9.17, 15) is 9.90 Å². The molecule has 0 heterocycles. The van der Waals surface area contributed by atoms with Crippen LogP contribution in [0.15, 0.2) is 30.3 Å². The highest BCUT2D eigenvalue weighted by Gasteiger charge is 2.16. The highest BCUT2D eigenvalue weighted by atomic mass is 17.3. The molecule has 0 aliphatic heterocycles. The molecule has 2 amide bonds. The third-order valence-electron chi connectivity index (χ3n) is 2.81. The smallest absolute Gasteiger partial charge is 0.348 e. The maximum absolute atomic E-state index is 12.0. The summed E-state index contributed by atoms with van der Waals surface area (Å²) in [5.74, 6) is 0. The monoisotopic (exact) mass is 325 g/mol. The molecule has 0 saturated heterocycles. The van der Waals surface area contributed by atoms with Gasteiger partial charge in [-0.3, -0.25) is 0 Å². The van der Waals surface area contributed by atoms with Gasteiger partial charge in [-0.15, -0.1) is 4.99 Å². The average molecular weight is 325 g/mol. The molecule has 1 aromatic rings. The van der Waals surface area contributed by atoms with Crippen molar-refractivity contribution in [2.24, 2.45) is 0 Å². The van der Waals surface area contributed by atoms with Gasteiger partial charge in [0.2, 0.25) is 0 Å². The van der Waals surface area contributed by atoms with Crippen LogP contribution in [0.4, 0.5) is 10.5 Å². The summed E-state index contributed by atoms with van der Waals surface area (Å²) in [5.41, 5.74) is 0.571. The van der Waals surface area contributed by atoms with E-state index in [0.29, 0.717) is 18.8 Å². The van der Waals surface area contributed by atoms with Gasteiger partial charge in [0, 0.05) is 17.8 Å². The zero-order valence-electron chi connectivity index (χ0n) is 14.2. The summed E-state index contributed by atoms with van der Waals surface area (Å²) in [7, 11) is 0. The number of aliphatic hydroxyl groups excluding tert-OH is 1. The Hall–Kier alpha value is -1.67. The molecule has 3 N–H and O–H groups in total. The van der Waals surface area contributed by atoms with Crippen LogP contribution in [0.2, 0.25) is 0 Å². The Kier molecular flexibility index (Phi) is 7.97. The third-order valence-corrected chi connectivity index (χ3v) is 2.81. The summed E-state index contributed by atoms with van der Waals surface area (Å²) in [4.78, 5) is 21.9. The molecule has 0 spiro atoms. The fourth-order valence-electron chi connectivity index (χ4n) is 1.59. The number of rotatable bonds is 8. The van der Waals surface area contributed by atoms with Crippen molar-refractivity contribution in [3.05, 3.63) is 30.3 Å². The second-order valence-electron chi connectivity index (χ2n) is 6.13. The number of nitrogens with one attached hydrogen (secondary N) is 2. The van der Waals surface area contributed by atoms with Crippen LogP contribution in [0.1, 0.15) is 27.7 Å². The average Bonchev–Trinajstić information content (AvgIpc) is 2.49. The quantitative estimate of drug-likeness (QED) is 0.504. The third kappa shape index (κ3) is 8.51. The maximum atomic E-state index is 12.0. The zero-order chi connectivity index (χ0) is 17.3. The van der Waals surface area contributed by atoms with Gasteiger partial charge in [-0.2, -0.15) is 5.06 Å². The van der Waals surface area contributed by atoms with Gasteiger partial charge in [0.25, 0.3) is 0 Å². The molecule has 0 fully saturated rings. The summed E-state index contributed by atoms with van der Waals surface area (Å²) in [6.07, 6.45) is -0.731. The molecule has 0 bridgehead atoms. The number of amides is 2. The minimum atomic E-state index is -0.731. The largest absolute Gasteiger partial charge is 0.389 e. The van der Waals surface area contributed by atoms with Crippen molar-refractivity contribution in [3.8, 4) is 0 Å². The van der Waals surface area contributed by atoms with E-state index in [0.717, 1.165) is 5.06 Å². The molecule has 1 aromatic carbocycles. The van der Waals surface area contributed by atoms with Gasteiger partial charge >= 0.3 is 6.03 Å². The minimum Gasteiger partial charge on any atom is -0.389 e. The summed E-state index contributed by atoms with van der Waals surface area (Å²) >= 11 is 0. The molecule has 0 radical (unpaired) electrons. The van der Waals surface area contributed by atoms with Gasteiger partial charge in [-0.25, -0.2) is 9.68 Å². The number of hydroxylamine groups is 2. The number of anilines is 1. The van der Waals surface area contributed by atoms with Crippen molar-refractivity contribution < 1.29 is 19.8 Å². The number of urea groups is 1. The van der Waals surface area contributed by atoms with E-state index in [-0.39, 0.29) is 12.1 Å². The van der Waals surface area contributed by atoms with E-state index in [1.54, 1.807) is 19.1 Å². The lowest BCUT2D eigenvalue weighted by Crippen LogP contribution is -2.42. The molecule has 23 heavy (non-hydrogen) atoms. The van der Waals surface area contributed by atoms with Crippen LogP contribution in [0, 0.1) is 0 Å². The van der Waals surface area contributed by atoms with Gasteiger partial charge in [-0.05, 0) is 39.8 Å². The Morgan fingerprint density at radius 2 is 1.96 bits per heavy atom. The number of aliphatic hydroxyl groups is 1. The minimum absolute atomic E-state index is 0.0435. The van der Waals surface area contributed by atoms with Gasteiger partial charge < -0.3 is 15.7 Å². The van der Waals surface area contributed by atoms with Crippen molar-refractivity contribution in [1.29, 1.82) is 0 Å². The SMILES string of the molecule is CCN(OOCC(O)CNC(C)(C)C)C(=O)Nc1ccccc1. The molecule has 130 valence electrons. The van der Waals surface area contributed by atoms with E-state index in [1.165, 1.54) is 0 Å². The van der Waals surface area contributed by atoms with Gasteiger partial charge in [-0.1, -0.05) is 18.2 Å². The molecule has 1 atom stereocenters. The predicted octanol–water partition coefficient (Wildman–Crippen LogP) is 2.15. The van der Waals surface area contributed by atoms with Crippen LogP contribution < -0.4 is 10.6 Å². The summed E-state index contributed by atoms with van der Waals surface area (Å²) in [6.45, 7) is 8.39. The molecular formula is C16H27N3O4. The Bertz CT molecular complexity index is 462. The molecule has 1 rings (SSSR count). The lowest BCUT2D eigenvalue weighted by molar-refractivity contribution is -0.408. The maximum Gasteiger partial charge on any atom is 0.348 e. The Morgan fingerprint density at radius 3 is 2.52 bits per heavy atom.